The van der Waals surface area contributed by atoms with E-state index in [0.29, 0.717) is 6.04 Å². The predicted octanol–water partition coefficient (Wildman–Crippen LogP) is 3.43. The van der Waals surface area contributed by atoms with Gasteiger partial charge in [0.05, 0.1) is 5.01 Å². The highest BCUT2D eigenvalue weighted by atomic mass is 32.1. The molecule has 2 rings (SSSR count). The number of aromatic nitrogens is 1. The van der Waals surface area contributed by atoms with E-state index in [9.17, 15) is 0 Å². The molecule has 0 fully saturated rings. The van der Waals surface area contributed by atoms with Crippen LogP contribution in [0.5, 0.6) is 0 Å². The van der Waals surface area contributed by atoms with Crippen LogP contribution in [-0.2, 0) is 19.4 Å². The first kappa shape index (κ1) is 13.2. The molecule has 0 aliphatic heterocycles. The Morgan fingerprint density at radius 2 is 2.06 bits per heavy atom. The molecule has 1 heterocycles. The Morgan fingerprint density at radius 1 is 1.28 bits per heavy atom. The minimum Gasteiger partial charge on any atom is -0.309 e. The van der Waals surface area contributed by atoms with Gasteiger partial charge in [-0.15, -0.1) is 11.3 Å². The second kappa shape index (κ2) is 6.66. The van der Waals surface area contributed by atoms with Gasteiger partial charge in [-0.05, 0) is 25.3 Å². The Balaban J connectivity index is 1.79. The Bertz CT molecular complexity index is 464. The van der Waals surface area contributed by atoms with Crippen molar-refractivity contribution in [3.8, 4) is 0 Å². The zero-order valence-corrected chi connectivity index (χ0v) is 11.8. The normalized spacial score (nSPS) is 12.6. The summed E-state index contributed by atoms with van der Waals surface area (Å²) in [6.45, 7) is 5.30. The Labute approximate surface area is 113 Å². The summed E-state index contributed by atoms with van der Waals surface area (Å²) < 4.78 is 0. The first-order chi connectivity index (χ1) is 8.78. The minimum atomic E-state index is 0.486. The van der Waals surface area contributed by atoms with Crippen molar-refractivity contribution >= 4 is 11.3 Å². The zero-order chi connectivity index (χ0) is 12.8. The number of rotatable bonds is 6. The first-order valence-corrected chi connectivity index (χ1v) is 7.30. The highest BCUT2D eigenvalue weighted by Gasteiger charge is 2.05. The summed E-state index contributed by atoms with van der Waals surface area (Å²) in [5.74, 6) is 0. The van der Waals surface area contributed by atoms with Crippen LogP contribution in [0.4, 0.5) is 0 Å². The number of hydrogen-bond acceptors (Lipinski definition) is 3. The van der Waals surface area contributed by atoms with Gasteiger partial charge in [0.2, 0.25) is 0 Å². The monoisotopic (exact) mass is 260 g/mol. The fourth-order valence-corrected chi connectivity index (χ4v) is 2.72. The van der Waals surface area contributed by atoms with Crippen LogP contribution >= 0.6 is 11.3 Å². The lowest BCUT2D eigenvalue weighted by Gasteiger charge is -2.12. The summed E-state index contributed by atoms with van der Waals surface area (Å²) in [6.07, 6.45) is 4.09. The molecule has 0 spiro atoms. The highest BCUT2D eigenvalue weighted by Crippen LogP contribution is 2.13. The van der Waals surface area contributed by atoms with Gasteiger partial charge >= 0.3 is 0 Å². The molecule has 0 bridgehead atoms. The number of benzene rings is 1. The van der Waals surface area contributed by atoms with E-state index < -0.39 is 0 Å². The molecule has 2 nitrogen and oxygen atoms in total. The van der Waals surface area contributed by atoms with Gasteiger partial charge in [0, 0.05) is 23.7 Å². The van der Waals surface area contributed by atoms with Crippen molar-refractivity contribution in [1.82, 2.24) is 10.3 Å². The molecule has 1 aromatic carbocycles. The maximum Gasteiger partial charge on any atom is 0.0925 e. The smallest absolute Gasteiger partial charge is 0.0925 e. The quantitative estimate of drug-likeness (QED) is 0.860. The van der Waals surface area contributed by atoms with Gasteiger partial charge in [0.25, 0.3) is 0 Å². The lowest BCUT2D eigenvalue weighted by Crippen LogP contribution is -2.27. The average Bonchev–Trinajstić information content (AvgIpc) is 2.85. The molecule has 0 saturated heterocycles. The van der Waals surface area contributed by atoms with Crippen LogP contribution in [0.2, 0.25) is 0 Å². The fraction of sp³-hybridized carbons (Fsp3) is 0.400. The summed E-state index contributed by atoms with van der Waals surface area (Å²) in [7, 11) is 0. The standard InChI is InChI=1S/C15H20N2S/c1-3-15-17-11-14(18-15)10-16-12(2)9-13-7-5-4-6-8-13/h4-8,11-12,16H,3,9-10H2,1-2H3. The number of hydrogen-bond donors (Lipinski definition) is 1. The summed E-state index contributed by atoms with van der Waals surface area (Å²) in [5.41, 5.74) is 1.39. The van der Waals surface area contributed by atoms with Crippen LogP contribution in [0, 0.1) is 0 Å². The van der Waals surface area contributed by atoms with E-state index in [2.05, 4.69) is 54.5 Å². The lowest BCUT2D eigenvalue weighted by atomic mass is 10.1. The first-order valence-electron chi connectivity index (χ1n) is 6.49. The van der Waals surface area contributed by atoms with Crippen LogP contribution in [0.3, 0.4) is 0 Å². The van der Waals surface area contributed by atoms with E-state index in [1.807, 2.05) is 17.5 Å². The fourth-order valence-electron chi connectivity index (χ4n) is 1.91. The minimum absolute atomic E-state index is 0.486. The third kappa shape index (κ3) is 3.93. The number of aryl methyl sites for hydroxylation is 1. The van der Waals surface area contributed by atoms with Gasteiger partial charge in [-0.25, -0.2) is 4.98 Å². The molecule has 1 unspecified atom stereocenters. The van der Waals surface area contributed by atoms with E-state index in [4.69, 9.17) is 0 Å². The predicted molar refractivity (Wildman–Crippen MR) is 77.9 cm³/mol. The molecule has 18 heavy (non-hydrogen) atoms. The molecule has 2 aromatic rings. The zero-order valence-electron chi connectivity index (χ0n) is 11.0. The molecule has 3 heteroatoms. The lowest BCUT2D eigenvalue weighted by molar-refractivity contribution is 0.548. The molecule has 0 amide bonds. The van der Waals surface area contributed by atoms with Crippen molar-refractivity contribution in [1.29, 1.82) is 0 Å². The van der Waals surface area contributed by atoms with Crippen molar-refractivity contribution in [3.63, 3.8) is 0 Å². The molecule has 1 N–H and O–H groups in total. The Morgan fingerprint density at radius 3 is 2.72 bits per heavy atom. The number of thiazole rings is 1. The van der Waals surface area contributed by atoms with Gasteiger partial charge in [0.1, 0.15) is 0 Å². The molecule has 0 radical (unpaired) electrons. The largest absolute Gasteiger partial charge is 0.309 e. The van der Waals surface area contributed by atoms with E-state index in [-0.39, 0.29) is 0 Å². The van der Waals surface area contributed by atoms with Crippen LogP contribution in [0.25, 0.3) is 0 Å². The van der Waals surface area contributed by atoms with Crippen LogP contribution in [-0.4, -0.2) is 11.0 Å². The number of nitrogens with zero attached hydrogens (tertiary/aromatic N) is 1. The molecular formula is C15H20N2S. The maximum absolute atomic E-state index is 4.38. The van der Waals surface area contributed by atoms with Crippen LogP contribution in [0.1, 0.15) is 29.3 Å². The van der Waals surface area contributed by atoms with Crippen LogP contribution in [0.15, 0.2) is 36.5 Å². The van der Waals surface area contributed by atoms with Crippen molar-refractivity contribution in [3.05, 3.63) is 52.0 Å². The second-order valence-corrected chi connectivity index (χ2v) is 5.75. The van der Waals surface area contributed by atoms with Gasteiger partial charge in [0.15, 0.2) is 0 Å². The van der Waals surface area contributed by atoms with Crippen molar-refractivity contribution in [2.24, 2.45) is 0 Å². The Kier molecular flexibility index (Phi) is 4.90. The number of nitrogens with one attached hydrogen (secondary N) is 1. The van der Waals surface area contributed by atoms with E-state index >= 15 is 0 Å². The average molecular weight is 260 g/mol. The van der Waals surface area contributed by atoms with Crippen molar-refractivity contribution in [2.45, 2.75) is 39.3 Å². The van der Waals surface area contributed by atoms with Gasteiger partial charge in [-0.3, -0.25) is 0 Å². The van der Waals surface area contributed by atoms with E-state index in [0.717, 1.165) is 19.4 Å². The SMILES string of the molecule is CCc1ncc(CNC(C)Cc2ccccc2)s1. The summed E-state index contributed by atoms with van der Waals surface area (Å²) in [6, 6.07) is 11.1. The Hall–Kier alpha value is -1.19. The topological polar surface area (TPSA) is 24.9 Å². The van der Waals surface area contributed by atoms with Gasteiger partial charge in [-0.1, -0.05) is 37.3 Å². The van der Waals surface area contributed by atoms with E-state index in [1.54, 1.807) is 0 Å². The second-order valence-electron chi connectivity index (χ2n) is 4.55. The molecule has 1 aromatic heterocycles. The summed E-state index contributed by atoms with van der Waals surface area (Å²) in [5, 5.41) is 4.78. The third-order valence-corrected chi connectivity index (χ3v) is 4.06. The van der Waals surface area contributed by atoms with Gasteiger partial charge < -0.3 is 5.32 Å². The van der Waals surface area contributed by atoms with Crippen LogP contribution < -0.4 is 5.32 Å². The third-order valence-electron chi connectivity index (χ3n) is 2.91. The summed E-state index contributed by atoms with van der Waals surface area (Å²) in [4.78, 5) is 5.70. The molecule has 0 aliphatic rings. The molecule has 0 saturated carbocycles. The molecule has 1 atom stereocenters. The maximum atomic E-state index is 4.38. The summed E-state index contributed by atoms with van der Waals surface area (Å²) >= 11 is 1.81. The van der Waals surface area contributed by atoms with E-state index in [1.165, 1.54) is 15.4 Å². The molecule has 0 aliphatic carbocycles. The van der Waals surface area contributed by atoms with Gasteiger partial charge in [-0.2, -0.15) is 0 Å². The molecular weight excluding hydrogens is 240 g/mol. The highest BCUT2D eigenvalue weighted by molar-refractivity contribution is 7.11. The van der Waals surface area contributed by atoms with Crippen molar-refractivity contribution < 1.29 is 0 Å². The molecule has 96 valence electrons. The van der Waals surface area contributed by atoms with Crippen molar-refractivity contribution in [2.75, 3.05) is 0 Å².